The van der Waals surface area contributed by atoms with Crippen LogP contribution >= 0.6 is 0 Å². The summed E-state index contributed by atoms with van der Waals surface area (Å²) >= 11 is 0. The summed E-state index contributed by atoms with van der Waals surface area (Å²) in [4.78, 5) is 17.5. The van der Waals surface area contributed by atoms with Crippen molar-refractivity contribution in [2.24, 2.45) is 11.3 Å². The van der Waals surface area contributed by atoms with Crippen molar-refractivity contribution in [1.82, 2.24) is 9.38 Å². The van der Waals surface area contributed by atoms with Crippen LogP contribution in [-0.2, 0) is 4.79 Å². The van der Waals surface area contributed by atoms with Crippen LogP contribution in [0.15, 0.2) is 42.6 Å². The highest BCUT2D eigenvalue weighted by Crippen LogP contribution is 2.36. The maximum absolute atomic E-state index is 12.5. The van der Waals surface area contributed by atoms with E-state index in [2.05, 4.69) is 69.6 Å². The van der Waals surface area contributed by atoms with Crippen molar-refractivity contribution in [1.29, 1.82) is 0 Å². The SMILES string of the molecule is Cc1ccn2c(NC(C)(C)CC(C)(C)C)c(-c3cccc(OC(=O)CCC4CCCC4)c3)nc2c1. The fraction of sp³-hybridized carbons (Fsp3) is 0.533. The number of esters is 1. The van der Waals surface area contributed by atoms with Crippen LogP contribution in [0.1, 0.15) is 85.1 Å². The van der Waals surface area contributed by atoms with E-state index in [0.717, 1.165) is 35.6 Å². The topological polar surface area (TPSA) is 55.6 Å². The van der Waals surface area contributed by atoms with Crippen molar-refractivity contribution >= 4 is 17.4 Å². The van der Waals surface area contributed by atoms with E-state index in [1.807, 2.05) is 24.3 Å². The van der Waals surface area contributed by atoms with Crippen molar-refractivity contribution in [2.75, 3.05) is 5.32 Å². The lowest BCUT2D eigenvalue weighted by Gasteiger charge is -2.34. The lowest BCUT2D eigenvalue weighted by Crippen LogP contribution is -2.36. The van der Waals surface area contributed by atoms with E-state index in [4.69, 9.17) is 9.72 Å². The summed E-state index contributed by atoms with van der Waals surface area (Å²) in [6.45, 7) is 13.3. The highest BCUT2D eigenvalue weighted by atomic mass is 16.5. The molecule has 0 unspecified atom stereocenters. The third-order valence-corrected chi connectivity index (χ3v) is 6.78. The number of benzene rings is 1. The van der Waals surface area contributed by atoms with Crippen LogP contribution in [0.5, 0.6) is 5.75 Å². The van der Waals surface area contributed by atoms with E-state index in [0.29, 0.717) is 18.1 Å². The lowest BCUT2D eigenvalue weighted by molar-refractivity contribution is -0.134. The van der Waals surface area contributed by atoms with Crippen LogP contribution in [0, 0.1) is 18.3 Å². The lowest BCUT2D eigenvalue weighted by atomic mass is 9.82. The molecule has 5 heteroatoms. The first-order chi connectivity index (χ1) is 16.5. The Balaban J connectivity index is 1.61. The molecule has 3 aromatic rings. The maximum Gasteiger partial charge on any atom is 0.311 e. The van der Waals surface area contributed by atoms with Gasteiger partial charge < -0.3 is 10.1 Å². The number of imidazole rings is 1. The number of pyridine rings is 1. The molecule has 1 N–H and O–H groups in total. The van der Waals surface area contributed by atoms with E-state index in [-0.39, 0.29) is 16.9 Å². The van der Waals surface area contributed by atoms with Gasteiger partial charge in [-0.3, -0.25) is 9.20 Å². The number of hydrogen-bond donors (Lipinski definition) is 1. The molecule has 1 fully saturated rings. The minimum atomic E-state index is -0.149. The monoisotopic (exact) mass is 475 g/mol. The predicted molar refractivity (Wildman–Crippen MR) is 144 cm³/mol. The quantitative estimate of drug-likeness (QED) is 0.267. The maximum atomic E-state index is 12.5. The summed E-state index contributed by atoms with van der Waals surface area (Å²) in [7, 11) is 0. The normalized spacial score (nSPS) is 15.0. The molecule has 0 bridgehead atoms. The van der Waals surface area contributed by atoms with Gasteiger partial charge in [-0.05, 0) is 74.8 Å². The molecule has 0 atom stereocenters. The number of carbonyl (C=O) groups excluding carboxylic acids is 1. The molecule has 0 spiro atoms. The van der Waals surface area contributed by atoms with Crippen LogP contribution in [0.2, 0.25) is 0 Å². The van der Waals surface area contributed by atoms with E-state index >= 15 is 0 Å². The summed E-state index contributed by atoms with van der Waals surface area (Å²) in [5.41, 5.74) is 3.90. The number of hydrogen-bond acceptors (Lipinski definition) is 4. The second-order valence-electron chi connectivity index (χ2n) is 12.2. The van der Waals surface area contributed by atoms with Gasteiger partial charge in [-0.2, -0.15) is 0 Å². The Morgan fingerprint density at radius 3 is 2.57 bits per heavy atom. The fourth-order valence-electron chi connectivity index (χ4n) is 5.67. The molecule has 0 aliphatic heterocycles. The van der Waals surface area contributed by atoms with Gasteiger partial charge in [-0.1, -0.05) is 58.6 Å². The number of nitrogens with zero attached hydrogens (tertiary/aromatic N) is 2. The molecule has 188 valence electrons. The van der Waals surface area contributed by atoms with Crippen molar-refractivity contribution in [3.05, 3.63) is 48.2 Å². The fourth-order valence-corrected chi connectivity index (χ4v) is 5.67. The molecule has 0 amide bonds. The Morgan fingerprint density at radius 1 is 1.11 bits per heavy atom. The third-order valence-electron chi connectivity index (χ3n) is 6.78. The Morgan fingerprint density at radius 2 is 1.86 bits per heavy atom. The van der Waals surface area contributed by atoms with E-state index in [1.165, 1.54) is 31.2 Å². The number of carbonyl (C=O) groups is 1. The van der Waals surface area contributed by atoms with Crippen molar-refractivity contribution in [2.45, 2.75) is 92.0 Å². The Bertz CT molecular complexity index is 1180. The smallest absolute Gasteiger partial charge is 0.311 e. The molecule has 0 saturated heterocycles. The Kier molecular flexibility index (Phi) is 7.25. The van der Waals surface area contributed by atoms with Gasteiger partial charge in [0.2, 0.25) is 0 Å². The predicted octanol–water partition coefficient (Wildman–Crippen LogP) is 7.81. The number of aromatic nitrogens is 2. The molecule has 2 aromatic heterocycles. The molecule has 5 nitrogen and oxygen atoms in total. The molecule has 1 aliphatic carbocycles. The van der Waals surface area contributed by atoms with Crippen LogP contribution in [0.25, 0.3) is 16.9 Å². The standard InChI is InChI=1S/C30H41N3O2/c1-21-16-17-33-25(18-21)31-27(28(33)32-30(5,6)20-29(2,3)4)23-12-9-13-24(19-23)35-26(34)15-14-22-10-7-8-11-22/h9,12-13,16-19,22,32H,7-8,10-11,14-15,20H2,1-6H3. The summed E-state index contributed by atoms with van der Waals surface area (Å²) in [6.07, 6.45) is 9.57. The molecular weight excluding hydrogens is 434 g/mol. The van der Waals surface area contributed by atoms with Gasteiger partial charge in [-0.15, -0.1) is 0 Å². The summed E-state index contributed by atoms with van der Waals surface area (Å²) in [5.74, 6) is 2.07. The first-order valence-electron chi connectivity index (χ1n) is 13.1. The summed E-state index contributed by atoms with van der Waals surface area (Å²) < 4.78 is 7.86. The first-order valence-corrected chi connectivity index (χ1v) is 13.1. The summed E-state index contributed by atoms with van der Waals surface area (Å²) in [5, 5.41) is 3.79. The molecule has 0 radical (unpaired) electrons. The van der Waals surface area contributed by atoms with Crippen molar-refractivity contribution in [3.63, 3.8) is 0 Å². The molecular formula is C30H41N3O2. The van der Waals surface area contributed by atoms with Crippen LogP contribution in [-0.4, -0.2) is 20.9 Å². The van der Waals surface area contributed by atoms with Gasteiger partial charge in [-0.25, -0.2) is 4.98 Å². The van der Waals surface area contributed by atoms with Gasteiger partial charge in [0.25, 0.3) is 0 Å². The minimum absolute atomic E-state index is 0.141. The van der Waals surface area contributed by atoms with Crippen LogP contribution < -0.4 is 10.1 Å². The average Bonchev–Trinajstić information content (AvgIpc) is 3.38. The number of ether oxygens (including phenoxy) is 1. The van der Waals surface area contributed by atoms with E-state index in [9.17, 15) is 4.79 Å². The Hall–Kier alpha value is -2.82. The van der Waals surface area contributed by atoms with Crippen LogP contribution in [0.3, 0.4) is 0 Å². The van der Waals surface area contributed by atoms with Crippen molar-refractivity contribution in [3.8, 4) is 17.0 Å². The van der Waals surface area contributed by atoms with Crippen LogP contribution in [0.4, 0.5) is 5.82 Å². The average molecular weight is 476 g/mol. The van der Waals surface area contributed by atoms with Gasteiger partial charge in [0.05, 0.1) is 0 Å². The molecule has 1 aliphatic rings. The third kappa shape index (κ3) is 6.65. The van der Waals surface area contributed by atoms with E-state index in [1.54, 1.807) is 0 Å². The van der Waals surface area contributed by atoms with Gasteiger partial charge in [0.1, 0.15) is 22.9 Å². The zero-order valence-electron chi connectivity index (χ0n) is 22.3. The molecule has 1 aromatic carbocycles. The number of nitrogens with one attached hydrogen (secondary N) is 1. The zero-order valence-corrected chi connectivity index (χ0v) is 22.3. The molecule has 4 rings (SSSR count). The molecule has 35 heavy (non-hydrogen) atoms. The zero-order chi connectivity index (χ0) is 25.2. The largest absolute Gasteiger partial charge is 0.427 e. The highest BCUT2D eigenvalue weighted by molar-refractivity contribution is 5.79. The van der Waals surface area contributed by atoms with Gasteiger partial charge >= 0.3 is 5.97 Å². The van der Waals surface area contributed by atoms with Gasteiger partial charge in [0.15, 0.2) is 0 Å². The molecule has 2 heterocycles. The second kappa shape index (κ2) is 10.0. The van der Waals surface area contributed by atoms with Crippen molar-refractivity contribution < 1.29 is 9.53 Å². The first kappa shape index (κ1) is 25.3. The van der Waals surface area contributed by atoms with E-state index < -0.39 is 0 Å². The number of fused-ring (bicyclic) bond motifs is 1. The summed E-state index contributed by atoms with van der Waals surface area (Å²) in [6, 6.07) is 12.0. The number of rotatable bonds is 8. The number of anilines is 1. The Labute approximate surface area is 210 Å². The second-order valence-corrected chi connectivity index (χ2v) is 12.2. The number of aryl methyl sites for hydroxylation is 1. The molecule has 1 saturated carbocycles. The highest BCUT2D eigenvalue weighted by Gasteiger charge is 2.28. The minimum Gasteiger partial charge on any atom is -0.427 e. The van der Waals surface area contributed by atoms with Gasteiger partial charge in [0, 0.05) is 23.7 Å².